The normalized spacial score (nSPS) is 32.9. The van der Waals surface area contributed by atoms with Crippen LogP contribution in [-0.2, 0) is 5.60 Å². The summed E-state index contributed by atoms with van der Waals surface area (Å²) in [6.45, 7) is 6.57. The van der Waals surface area contributed by atoms with Crippen LogP contribution >= 0.6 is 11.6 Å². The number of aliphatic hydroxyl groups is 1. The molecule has 1 aromatic rings. The van der Waals surface area contributed by atoms with E-state index in [1.807, 2.05) is 24.3 Å². The Bertz CT molecular complexity index is 382. The Labute approximate surface area is 102 Å². The molecule has 1 aliphatic carbocycles. The number of rotatable bonds is 1. The van der Waals surface area contributed by atoms with Gasteiger partial charge in [0.25, 0.3) is 0 Å². The van der Waals surface area contributed by atoms with Gasteiger partial charge in [-0.15, -0.1) is 0 Å². The smallest absolute Gasteiger partial charge is 0.0927 e. The van der Waals surface area contributed by atoms with Crippen LogP contribution < -0.4 is 0 Å². The summed E-state index contributed by atoms with van der Waals surface area (Å²) >= 11 is 5.87. The van der Waals surface area contributed by atoms with E-state index in [2.05, 4.69) is 20.8 Å². The molecule has 0 radical (unpaired) electrons. The SMILES string of the molecule is CC1CC(C)(C)CC1(O)c1ccc(Cl)cc1. The van der Waals surface area contributed by atoms with Gasteiger partial charge in [0.15, 0.2) is 0 Å². The maximum absolute atomic E-state index is 10.8. The van der Waals surface area contributed by atoms with Crippen LogP contribution in [0.3, 0.4) is 0 Å². The lowest BCUT2D eigenvalue weighted by atomic mass is 9.84. The highest BCUT2D eigenvalue weighted by Gasteiger charge is 2.48. The number of halogens is 1. The van der Waals surface area contributed by atoms with Gasteiger partial charge < -0.3 is 5.11 Å². The van der Waals surface area contributed by atoms with E-state index in [-0.39, 0.29) is 5.41 Å². The fourth-order valence-corrected chi connectivity index (χ4v) is 3.22. The summed E-state index contributed by atoms with van der Waals surface area (Å²) in [6, 6.07) is 7.60. The molecule has 2 rings (SSSR count). The van der Waals surface area contributed by atoms with Gasteiger partial charge in [0, 0.05) is 5.02 Å². The molecule has 2 unspecified atom stereocenters. The number of hydrogen-bond acceptors (Lipinski definition) is 1. The zero-order valence-electron chi connectivity index (χ0n) is 10.1. The molecule has 0 aliphatic heterocycles. The summed E-state index contributed by atoms with van der Waals surface area (Å²) in [5.41, 5.74) is 0.525. The monoisotopic (exact) mass is 238 g/mol. The third kappa shape index (κ3) is 1.99. The van der Waals surface area contributed by atoms with Gasteiger partial charge >= 0.3 is 0 Å². The van der Waals surface area contributed by atoms with E-state index in [0.717, 1.165) is 23.4 Å². The Morgan fingerprint density at radius 1 is 1.25 bits per heavy atom. The third-order valence-electron chi connectivity index (χ3n) is 3.77. The van der Waals surface area contributed by atoms with Crippen molar-refractivity contribution < 1.29 is 5.11 Å². The summed E-state index contributed by atoms with van der Waals surface area (Å²) in [7, 11) is 0. The molecule has 0 aromatic heterocycles. The Morgan fingerprint density at radius 2 is 1.81 bits per heavy atom. The molecule has 1 aliphatic rings. The highest BCUT2D eigenvalue weighted by molar-refractivity contribution is 6.30. The maximum Gasteiger partial charge on any atom is 0.0927 e. The Hall–Kier alpha value is -0.530. The van der Waals surface area contributed by atoms with Crippen molar-refractivity contribution in [1.29, 1.82) is 0 Å². The molecule has 1 nitrogen and oxygen atoms in total. The summed E-state index contributed by atoms with van der Waals surface area (Å²) in [4.78, 5) is 0. The Morgan fingerprint density at radius 3 is 2.25 bits per heavy atom. The zero-order chi connectivity index (χ0) is 12.0. The first-order valence-corrected chi connectivity index (χ1v) is 6.20. The highest BCUT2D eigenvalue weighted by Crippen LogP contribution is 2.52. The zero-order valence-corrected chi connectivity index (χ0v) is 10.9. The second kappa shape index (κ2) is 3.75. The minimum absolute atomic E-state index is 0.216. The van der Waals surface area contributed by atoms with Gasteiger partial charge in [-0.3, -0.25) is 0 Å². The van der Waals surface area contributed by atoms with E-state index in [0.29, 0.717) is 5.92 Å². The first kappa shape index (κ1) is 11.9. The molecule has 88 valence electrons. The molecule has 1 fully saturated rings. The van der Waals surface area contributed by atoms with Crippen LogP contribution in [0.2, 0.25) is 5.02 Å². The molecule has 2 atom stereocenters. The van der Waals surface area contributed by atoms with Crippen LogP contribution in [0.4, 0.5) is 0 Å². The molecule has 1 N–H and O–H groups in total. The van der Waals surface area contributed by atoms with Gasteiger partial charge in [0.1, 0.15) is 0 Å². The van der Waals surface area contributed by atoms with Crippen molar-refractivity contribution in [3.05, 3.63) is 34.9 Å². The summed E-state index contributed by atoms with van der Waals surface area (Å²) in [5.74, 6) is 0.295. The van der Waals surface area contributed by atoms with Crippen molar-refractivity contribution in [2.24, 2.45) is 11.3 Å². The van der Waals surface area contributed by atoms with Gasteiger partial charge in [0.2, 0.25) is 0 Å². The first-order chi connectivity index (χ1) is 7.33. The van der Waals surface area contributed by atoms with Crippen molar-refractivity contribution >= 4 is 11.6 Å². The molecule has 0 amide bonds. The molecule has 1 aromatic carbocycles. The van der Waals surface area contributed by atoms with E-state index in [1.54, 1.807) is 0 Å². The average molecular weight is 239 g/mol. The third-order valence-corrected chi connectivity index (χ3v) is 4.02. The van der Waals surface area contributed by atoms with Crippen LogP contribution in [0, 0.1) is 11.3 Å². The molecular weight excluding hydrogens is 220 g/mol. The molecule has 1 saturated carbocycles. The number of benzene rings is 1. The predicted molar refractivity (Wildman–Crippen MR) is 67.5 cm³/mol. The average Bonchev–Trinajstić information content (AvgIpc) is 2.37. The fourth-order valence-electron chi connectivity index (χ4n) is 3.10. The predicted octanol–water partition coefficient (Wildman–Crippen LogP) is 3.98. The van der Waals surface area contributed by atoms with E-state index < -0.39 is 5.60 Å². The largest absolute Gasteiger partial charge is 0.385 e. The molecule has 0 heterocycles. The summed E-state index contributed by atoms with van der Waals surface area (Å²) in [6.07, 6.45) is 1.88. The van der Waals surface area contributed by atoms with Crippen LogP contribution in [0.25, 0.3) is 0 Å². The molecule has 16 heavy (non-hydrogen) atoms. The lowest BCUT2D eigenvalue weighted by Crippen LogP contribution is -2.28. The van der Waals surface area contributed by atoms with E-state index in [4.69, 9.17) is 11.6 Å². The Balaban J connectivity index is 2.36. The first-order valence-electron chi connectivity index (χ1n) is 5.82. The standard InChI is InChI=1S/C14H19ClO/c1-10-8-13(2,3)9-14(10,16)11-4-6-12(15)7-5-11/h4-7,10,16H,8-9H2,1-3H3. The topological polar surface area (TPSA) is 20.2 Å². The van der Waals surface area contributed by atoms with Gasteiger partial charge in [-0.05, 0) is 41.9 Å². The minimum Gasteiger partial charge on any atom is -0.385 e. The van der Waals surface area contributed by atoms with Gasteiger partial charge in [0.05, 0.1) is 5.60 Å². The second-order valence-electron chi connectivity index (χ2n) is 5.88. The molecule has 0 spiro atoms. The van der Waals surface area contributed by atoms with Crippen LogP contribution in [0.15, 0.2) is 24.3 Å². The lowest BCUT2D eigenvalue weighted by molar-refractivity contribution is -0.000836. The van der Waals surface area contributed by atoms with Crippen LogP contribution in [0.5, 0.6) is 0 Å². The maximum atomic E-state index is 10.8. The van der Waals surface area contributed by atoms with E-state index in [9.17, 15) is 5.11 Å². The van der Waals surface area contributed by atoms with Crippen LogP contribution in [0.1, 0.15) is 39.2 Å². The summed E-state index contributed by atoms with van der Waals surface area (Å²) < 4.78 is 0. The second-order valence-corrected chi connectivity index (χ2v) is 6.31. The van der Waals surface area contributed by atoms with Crippen molar-refractivity contribution in [2.45, 2.75) is 39.2 Å². The highest BCUT2D eigenvalue weighted by atomic mass is 35.5. The summed E-state index contributed by atoms with van der Waals surface area (Å²) in [5, 5.41) is 11.5. The van der Waals surface area contributed by atoms with Crippen molar-refractivity contribution in [1.82, 2.24) is 0 Å². The molecule has 2 heteroatoms. The quantitative estimate of drug-likeness (QED) is 0.785. The molecular formula is C14H19ClO. The van der Waals surface area contributed by atoms with Crippen molar-refractivity contribution in [2.75, 3.05) is 0 Å². The van der Waals surface area contributed by atoms with Gasteiger partial charge in [-0.1, -0.05) is 44.5 Å². The fraction of sp³-hybridized carbons (Fsp3) is 0.571. The molecule has 0 saturated heterocycles. The Kier molecular flexibility index (Phi) is 2.80. The van der Waals surface area contributed by atoms with Gasteiger partial charge in [-0.25, -0.2) is 0 Å². The van der Waals surface area contributed by atoms with Crippen molar-refractivity contribution in [3.8, 4) is 0 Å². The van der Waals surface area contributed by atoms with Gasteiger partial charge in [-0.2, -0.15) is 0 Å². The van der Waals surface area contributed by atoms with E-state index >= 15 is 0 Å². The number of hydrogen-bond donors (Lipinski definition) is 1. The lowest BCUT2D eigenvalue weighted by Gasteiger charge is -2.29. The molecule has 0 bridgehead atoms. The minimum atomic E-state index is -0.686. The van der Waals surface area contributed by atoms with Crippen molar-refractivity contribution in [3.63, 3.8) is 0 Å². The van der Waals surface area contributed by atoms with E-state index in [1.165, 1.54) is 0 Å². The van der Waals surface area contributed by atoms with Crippen LogP contribution in [-0.4, -0.2) is 5.11 Å².